The third kappa shape index (κ3) is 8.24. The molecule has 8 nitrogen and oxygen atoms in total. The van der Waals surface area contributed by atoms with Crippen LogP contribution in [-0.4, -0.2) is 80.0 Å². The fourth-order valence-electron chi connectivity index (χ4n) is 3.48. The average Bonchev–Trinajstić information content (AvgIpc) is 2.62. The molecule has 5 atom stereocenters. The minimum atomic E-state index is -0.852. The Morgan fingerprint density at radius 3 is 2.25 bits per heavy atom. The summed E-state index contributed by atoms with van der Waals surface area (Å²) in [5, 5.41) is -0.421. The lowest BCUT2D eigenvalue weighted by Crippen LogP contribution is -2.58. The van der Waals surface area contributed by atoms with Crippen molar-refractivity contribution in [3.05, 3.63) is 0 Å². The molecule has 2 N–H and O–H groups in total. The van der Waals surface area contributed by atoms with Gasteiger partial charge in [-0.15, -0.1) is 0 Å². The maximum atomic E-state index is 11.6. The molecule has 0 aliphatic carbocycles. The first-order valence-corrected chi connectivity index (χ1v) is 10.5. The molecule has 1 aliphatic heterocycles. The topological polar surface area (TPSA) is 100 Å². The van der Waals surface area contributed by atoms with Crippen molar-refractivity contribution in [1.29, 1.82) is 0 Å². The Morgan fingerprint density at radius 2 is 1.71 bits per heavy atom. The molecule has 0 radical (unpaired) electrons. The zero-order valence-corrected chi connectivity index (χ0v) is 18.4. The predicted molar refractivity (Wildman–Crippen MR) is 109 cm³/mol. The van der Waals surface area contributed by atoms with Gasteiger partial charge >= 0.3 is 11.9 Å². The molecule has 9 heteroatoms. The smallest absolute Gasteiger partial charge is 0.303 e. The highest BCUT2D eigenvalue weighted by Gasteiger charge is 2.48. The maximum absolute atomic E-state index is 11.6. The van der Waals surface area contributed by atoms with Gasteiger partial charge in [0.15, 0.2) is 18.5 Å². The van der Waals surface area contributed by atoms with Gasteiger partial charge in [0.2, 0.25) is 0 Å². The molecule has 0 bridgehead atoms. The van der Waals surface area contributed by atoms with E-state index >= 15 is 0 Å². The SMILES string of the molecule is CCCN(CCN)CCCCC1OC(OC)C(OC(C)=O)C(OC(C)=O)C1S. The first kappa shape index (κ1) is 25.2. The molecule has 1 saturated heterocycles. The molecule has 164 valence electrons. The Bertz CT molecular complexity index is 475. The van der Waals surface area contributed by atoms with E-state index in [1.165, 1.54) is 21.0 Å². The normalized spacial score (nSPS) is 27.6. The summed E-state index contributed by atoms with van der Waals surface area (Å²) in [7, 11) is 1.47. The Labute approximate surface area is 173 Å². The summed E-state index contributed by atoms with van der Waals surface area (Å²) >= 11 is 4.62. The molecule has 1 aliphatic rings. The van der Waals surface area contributed by atoms with Crippen LogP contribution in [0.5, 0.6) is 0 Å². The monoisotopic (exact) mass is 420 g/mol. The lowest BCUT2D eigenvalue weighted by molar-refractivity contribution is -0.265. The summed E-state index contributed by atoms with van der Waals surface area (Å²) in [6, 6.07) is 0. The van der Waals surface area contributed by atoms with Crippen LogP contribution in [0.3, 0.4) is 0 Å². The van der Waals surface area contributed by atoms with E-state index in [1.54, 1.807) is 0 Å². The van der Waals surface area contributed by atoms with Crippen LogP contribution >= 0.6 is 12.6 Å². The van der Waals surface area contributed by atoms with E-state index in [2.05, 4.69) is 24.5 Å². The van der Waals surface area contributed by atoms with Crippen molar-refractivity contribution in [2.75, 3.05) is 33.3 Å². The van der Waals surface area contributed by atoms with E-state index in [0.717, 1.165) is 45.3 Å². The van der Waals surface area contributed by atoms with Gasteiger partial charge in [-0.05, 0) is 38.8 Å². The van der Waals surface area contributed by atoms with Gasteiger partial charge in [0.25, 0.3) is 0 Å². The number of nitrogens with zero attached hydrogens (tertiary/aromatic N) is 1. The van der Waals surface area contributed by atoms with Crippen LogP contribution in [0.1, 0.15) is 46.5 Å². The van der Waals surface area contributed by atoms with Gasteiger partial charge in [-0.3, -0.25) is 9.59 Å². The van der Waals surface area contributed by atoms with Crippen LogP contribution in [0.15, 0.2) is 0 Å². The highest BCUT2D eigenvalue weighted by Crippen LogP contribution is 2.32. The molecule has 1 fully saturated rings. The third-order valence-electron chi connectivity index (χ3n) is 4.65. The molecule has 1 heterocycles. The van der Waals surface area contributed by atoms with Crippen LogP contribution in [0, 0.1) is 0 Å². The number of methoxy groups -OCH3 is 1. The summed E-state index contributed by atoms with van der Waals surface area (Å²) in [6.45, 7) is 8.33. The molecule has 0 saturated carbocycles. The molecule has 1 rings (SSSR count). The number of nitrogens with two attached hydrogens (primary N) is 1. The molecule has 0 aromatic heterocycles. The van der Waals surface area contributed by atoms with E-state index in [-0.39, 0.29) is 6.10 Å². The molecule has 0 amide bonds. The lowest BCUT2D eigenvalue weighted by atomic mass is 9.97. The second-order valence-corrected chi connectivity index (χ2v) is 7.64. The number of unbranched alkanes of at least 4 members (excludes halogenated alkanes) is 1. The van der Waals surface area contributed by atoms with Crippen molar-refractivity contribution >= 4 is 24.6 Å². The minimum Gasteiger partial charge on any atom is -0.457 e. The van der Waals surface area contributed by atoms with Gasteiger partial charge in [-0.1, -0.05) is 6.92 Å². The predicted octanol–water partition coefficient (Wildman–Crippen LogP) is 1.36. The maximum Gasteiger partial charge on any atom is 0.303 e. The van der Waals surface area contributed by atoms with E-state index in [1.807, 2.05) is 0 Å². The van der Waals surface area contributed by atoms with Crippen LogP contribution in [0.25, 0.3) is 0 Å². The van der Waals surface area contributed by atoms with Gasteiger partial charge < -0.3 is 29.6 Å². The number of thiol groups is 1. The summed E-state index contributed by atoms with van der Waals surface area (Å²) in [6.07, 6.45) is 1.09. The highest BCUT2D eigenvalue weighted by molar-refractivity contribution is 7.81. The lowest BCUT2D eigenvalue weighted by Gasteiger charge is -2.43. The molecular weight excluding hydrogens is 384 g/mol. The van der Waals surface area contributed by atoms with Crippen molar-refractivity contribution in [2.24, 2.45) is 5.73 Å². The average molecular weight is 421 g/mol. The first-order valence-electron chi connectivity index (χ1n) is 9.97. The second-order valence-electron chi connectivity index (χ2n) is 7.04. The number of hydrogen-bond acceptors (Lipinski definition) is 9. The van der Waals surface area contributed by atoms with E-state index in [0.29, 0.717) is 6.54 Å². The molecule has 0 spiro atoms. The minimum absolute atomic E-state index is 0.279. The summed E-state index contributed by atoms with van der Waals surface area (Å²) < 4.78 is 22.0. The molecule has 0 aromatic carbocycles. The number of ether oxygens (including phenoxy) is 4. The van der Waals surface area contributed by atoms with Crippen LogP contribution in [0.2, 0.25) is 0 Å². The first-order chi connectivity index (χ1) is 13.3. The quantitative estimate of drug-likeness (QED) is 0.277. The molecule has 0 aromatic rings. The van der Waals surface area contributed by atoms with Gasteiger partial charge in [0.05, 0.1) is 11.4 Å². The Balaban J connectivity index is 2.68. The van der Waals surface area contributed by atoms with E-state index in [4.69, 9.17) is 24.7 Å². The largest absolute Gasteiger partial charge is 0.457 e. The number of hydrogen-bond donors (Lipinski definition) is 2. The third-order valence-corrected chi connectivity index (χ3v) is 5.28. The standard InChI is InChI=1S/C19H36N2O6S/c1-5-10-21(12-9-20)11-7-6-8-15-18(28)16(25-13(2)22)17(26-14(3)23)19(24-4)27-15/h15-19,28H,5-12,20H2,1-4H3. The number of esters is 2. The van der Waals surface area contributed by atoms with Gasteiger partial charge in [-0.25, -0.2) is 0 Å². The van der Waals surface area contributed by atoms with Gasteiger partial charge in [0, 0.05) is 34.0 Å². The summed E-state index contributed by atoms with van der Waals surface area (Å²) in [4.78, 5) is 25.4. The summed E-state index contributed by atoms with van der Waals surface area (Å²) in [5.41, 5.74) is 5.67. The van der Waals surface area contributed by atoms with E-state index in [9.17, 15) is 9.59 Å². The fourth-order valence-corrected chi connectivity index (χ4v) is 3.93. The number of rotatable bonds is 12. The van der Waals surface area contributed by atoms with Crippen LogP contribution < -0.4 is 5.73 Å². The zero-order chi connectivity index (χ0) is 21.1. The van der Waals surface area contributed by atoms with Crippen molar-refractivity contribution in [2.45, 2.75) is 76.3 Å². The van der Waals surface area contributed by atoms with Crippen molar-refractivity contribution in [3.8, 4) is 0 Å². The van der Waals surface area contributed by atoms with Gasteiger partial charge in [-0.2, -0.15) is 12.6 Å². The Kier molecular flexibility index (Phi) is 12.0. The van der Waals surface area contributed by atoms with Crippen LogP contribution in [0.4, 0.5) is 0 Å². The molecular formula is C19H36N2O6S. The molecule has 28 heavy (non-hydrogen) atoms. The van der Waals surface area contributed by atoms with Crippen molar-refractivity contribution < 1.29 is 28.5 Å². The fraction of sp³-hybridized carbons (Fsp3) is 0.895. The van der Waals surface area contributed by atoms with Gasteiger partial charge in [0.1, 0.15) is 0 Å². The van der Waals surface area contributed by atoms with Crippen molar-refractivity contribution in [3.63, 3.8) is 0 Å². The van der Waals surface area contributed by atoms with Crippen molar-refractivity contribution in [1.82, 2.24) is 4.90 Å². The molecule has 5 unspecified atom stereocenters. The second kappa shape index (κ2) is 13.4. The van der Waals surface area contributed by atoms with Crippen LogP contribution in [-0.2, 0) is 28.5 Å². The Hall–Kier alpha value is -0.870. The highest BCUT2D eigenvalue weighted by atomic mass is 32.1. The summed E-state index contributed by atoms with van der Waals surface area (Å²) in [5.74, 6) is -0.962. The van der Waals surface area contributed by atoms with E-state index < -0.39 is 35.7 Å². The Morgan fingerprint density at radius 1 is 1.07 bits per heavy atom. The number of carbonyl (C=O) groups excluding carboxylic acids is 2. The zero-order valence-electron chi connectivity index (χ0n) is 17.5. The number of carbonyl (C=O) groups is 2.